The molecule has 2 N–H and O–H groups in total. The summed E-state index contributed by atoms with van der Waals surface area (Å²) >= 11 is 0. The zero-order valence-corrected chi connectivity index (χ0v) is 15.3. The molecule has 1 aromatic heterocycles. The predicted molar refractivity (Wildman–Crippen MR) is 94.0 cm³/mol. The normalized spacial score (nSPS) is 24.9. The van der Waals surface area contributed by atoms with E-state index in [1.54, 1.807) is 0 Å². The van der Waals surface area contributed by atoms with Crippen LogP contribution in [0, 0.1) is 25.7 Å². The van der Waals surface area contributed by atoms with Gasteiger partial charge >= 0.3 is 0 Å². The lowest BCUT2D eigenvalue weighted by Gasteiger charge is -2.39. The molecule has 2 saturated heterocycles. The Bertz CT molecular complexity index is 646. The van der Waals surface area contributed by atoms with Gasteiger partial charge in [0, 0.05) is 44.4 Å². The third-order valence-electron chi connectivity index (χ3n) is 5.60. The molecule has 2 atom stereocenters. The topological polar surface area (TPSA) is 80.4 Å². The Kier molecular flexibility index (Phi) is 5.59. The number of H-pyrrole nitrogens is 1. The lowest BCUT2D eigenvalue weighted by atomic mass is 9.79. The number of hydrogen-bond donors (Lipinski definition) is 2. The molecule has 3 heterocycles. The molecule has 0 bridgehead atoms. The number of aromatic nitrogens is 1. The van der Waals surface area contributed by atoms with Crippen LogP contribution in [0.1, 0.15) is 58.3 Å². The molecule has 1 amide bonds. The highest BCUT2D eigenvalue weighted by Crippen LogP contribution is 2.31. The molecule has 138 valence electrons. The van der Waals surface area contributed by atoms with Crippen LogP contribution in [-0.4, -0.2) is 49.1 Å². The molecule has 0 aliphatic carbocycles. The quantitative estimate of drug-likeness (QED) is 0.819. The van der Waals surface area contributed by atoms with E-state index in [0.29, 0.717) is 36.3 Å². The van der Waals surface area contributed by atoms with Crippen molar-refractivity contribution in [2.75, 3.05) is 26.4 Å². The Hall–Kier alpha value is -1.66. The molecule has 0 spiro atoms. The Labute approximate surface area is 148 Å². The fourth-order valence-electron chi connectivity index (χ4n) is 4.23. The van der Waals surface area contributed by atoms with Gasteiger partial charge in [-0.2, -0.15) is 0 Å². The smallest absolute Gasteiger partial charge is 0.253 e. The van der Waals surface area contributed by atoms with Gasteiger partial charge in [-0.05, 0) is 44.6 Å². The molecular weight excluding hydrogens is 320 g/mol. The van der Waals surface area contributed by atoms with Gasteiger partial charge in [-0.15, -0.1) is 0 Å². The summed E-state index contributed by atoms with van der Waals surface area (Å²) in [4.78, 5) is 27.7. The molecule has 3 rings (SSSR count). The van der Waals surface area contributed by atoms with Gasteiger partial charge in [0.05, 0.1) is 17.9 Å². The van der Waals surface area contributed by atoms with E-state index in [4.69, 9.17) is 9.47 Å². The number of hydrogen-bond acceptors (Lipinski definition) is 4. The van der Waals surface area contributed by atoms with Gasteiger partial charge in [0.15, 0.2) is 5.78 Å². The van der Waals surface area contributed by atoms with Crippen LogP contribution in [-0.2, 0) is 9.47 Å². The predicted octanol–water partition coefficient (Wildman–Crippen LogP) is 2.40. The molecule has 6 nitrogen and oxygen atoms in total. The van der Waals surface area contributed by atoms with Crippen molar-refractivity contribution in [2.45, 2.75) is 46.1 Å². The number of carbonyl (C=O) groups excluding carboxylic acids is 2. The van der Waals surface area contributed by atoms with Crippen molar-refractivity contribution in [3.8, 4) is 0 Å². The van der Waals surface area contributed by atoms with E-state index < -0.39 is 0 Å². The zero-order valence-electron chi connectivity index (χ0n) is 15.3. The third kappa shape index (κ3) is 3.80. The second-order valence-corrected chi connectivity index (χ2v) is 7.24. The summed E-state index contributed by atoms with van der Waals surface area (Å²) in [5, 5.41) is 3.23. The van der Waals surface area contributed by atoms with Crippen molar-refractivity contribution in [3.05, 3.63) is 22.5 Å². The first-order valence-corrected chi connectivity index (χ1v) is 9.15. The first kappa shape index (κ1) is 18.1. The van der Waals surface area contributed by atoms with Crippen LogP contribution in [0.15, 0.2) is 0 Å². The van der Waals surface area contributed by atoms with E-state index in [0.717, 1.165) is 43.7 Å². The van der Waals surface area contributed by atoms with Gasteiger partial charge in [0.1, 0.15) is 0 Å². The van der Waals surface area contributed by atoms with Crippen molar-refractivity contribution in [1.29, 1.82) is 0 Å². The fraction of sp³-hybridized carbons (Fsp3) is 0.684. The van der Waals surface area contributed by atoms with E-state index in [-0.39, 0.29) is 17.7 Å². The van der Waals surface area contributed by atoms with Gasteiger partial charge in [-0.25, -0.2) is 0 Å². The second-order valence-electron chi connectivity index (χ2n) is 7.24. The number of ketones is 1. The minimum atomic E-state index is -0.0947. The van der Waals surface area contributed by atoms with E-state index in [9.17, 15) is 9.59 Å². The molecule has 6 heteroatoms. The minimum Gasteiger partial charge on any atom is -0.381 e. The average Bonchev–Trinajstić information content (AvgIpc) is 2.91. The Morgan fingerprint density at radius 3 is 2.40 bits per heavy atom. The highest BCUT2D eigenvalue weighted by atomic mass is 16.5. The number of nitrogens with one attached hydrogen (secondary N) is 2. The summed E-state index contributed by atoms with van der Waals surface area (Å²) in [7, 11) is 0. The first-order chi connectivity index (χ1) is 12.0. The lowest BCUT2D eigenvalue weighted by Crippen LogP contribution is -2.49. The maximum Gasteiger partial charge on any atom is 0.253 e. The molecule has 2 aliphatic heterocycles. The van der Waals surface area contributed by atoms with Gasteiger partial charge < -0.3 is 19.8 Å². The van der Waals surface area contributed by atoms with Crippen LogP contribution >= 0.6 is 0 Å². The first-order valence-electron chi connectivity index (χ1n) is 9.15. The maximum atomic E-state index is 12.9. The van der Waals surface area contributed by atoms with Crippen molar-refractivity contribution < 1.29 is 19.1 Å². The number of Topliss-reactive ketones (excluding diaryl/α,β-unsaturated/α-hetero) is 1. The third-order valence-corrected chi connectivity index (χ3v) is 5.60. The molecule has 0 saturated carbocycles. The molecule has 2 aliphatic rings. The fourth-order valence-corrected chi connectivity index (χ4v) is 4.23. The maximum absolute atomic E-state index is 12.9. The number of aryl methyl sites for hydroxylation is 1. The minimum absolute atomic E-state index is 0.0502. The standard InChI is InChI=1S/C19H28N2O4/c1-11-17(12(2)20-18(11)13(3)22)19(23)21-16-6-9-25-10-15(16)14-4-7-24-8-5-14/h14-16,20H,4-10H2,1-3H3,(H,21,23)/t15-,16-/m1/s1. The number of aromatic amines is 1. The van der Waals surface area contributed by atoms with E-state index >= 15 is 0 Å². The molecule has 25 heavy (non-hydrogen) atoms. The summed E-state index contributed by atoms with van der Waals surface area (Å²) < 4.78 is 11.2. The SMILES string of the molecule is CC(=O)c1[nH]c(C)c(C(=O)N[C@@H]2CCOC[C@@H]2C2CCOCC2)c1C. The van der Waals surface area contributed by atoms with Gasteiger partial charge in [-0.1, -0.05) is 0 Å². The van der Waals surface area contributed by atoms with Crippen LogP contribution < -0.4 is 5.32 Å². The monoisotopic (exact) mass is 348 g/mol. The highest BCUT2D eigenvalue weighted by Gasteiger charge is 2.35. The number of amides is 1. The highest BCUT2D eigenvalue weighted by molar-refractivity contribution is 6.02. The Morgan fingerprint density at radius 1 is 1.08 bits per heavy atom. The zero-order chi connectivity index (χ0) is 18.0. The summed E-state index contributed by atoms with van der Waals surface area (Å²) in [5.41, 5.74) is 2.60. The van der Waals surface area contributed by atoms with Crippen molar-refractivity contribution >= 4 is 11.7 Å². The molecule has 1 aromatic rings. The second kappa shape index (κ2) is 7.70. The summed E-state index contributed by atoms with van der Waals surface area (Å²) in [5.74, 6) is 0.711. The largest absolute Gasteiger partial charge is 0.381 e. The Balaban J connectivity index is 1.75. The van der Waals surface area contributed by atoms with Crippen LogP contribution in [0.2, 0.25) is 0 Å². The molecule has 0 radical (unpaired) electrons. The summed E-state index contributed by atoms with van der Waals surface area (Å²) in [6.07, 6.45) is 2.88. The van der Waals surface area contributed by atoms with Crippen LogP contribution in [0.25, 0.3) is 0 Å². The number of ether oxygens (including phenoxy) is 2. The summed E-state index contributed by atoms with van der Waals surface area (Å²) in [6, 6.07) is 0.110. The van der Waals surface area contributed by atoms with E-state index in [1.807, 2.05) is 13.8 Å². The molecular formula is C19H28N2O4. The molecule has 2 fully saturated rings. The summed E-state index contributed by atoms with van der Waals surface area (Å²) in [6.45, 7) is 8.14. The Morgan fingerprint density at radius 2 is 1.76 bits per heavy atom. The average molecular weight is 348 g/mol. The van der Waals surface area contributed by atoms with Crippen LogP contribution in [0.5, 0.6) is 0 Å². The van der Waals surface area contributed by atoms with Crippen molar-refractivity contribution in [1.82, 2.24) is 10.3 Å². The van der Waals surface area contributed by atoms with Gasteiger partial charge in [0.2, 0.25) is 0 Å². The van der Waals surface area contributed by atoms with Crippen LogP contribution in [0.3, 0.4) is 0 Å². The van der Waals surface area contributed by atoms with E-state index in [2.05, 4.69) is 10.3 Å². The lowest BCUT2D eigenvalue weighted by molar-refractivity contribution is -0.0259. The van der Waals surface area contributed by atoms with Crippen molar-refractivity contribution in [2.24, 2.45) is 11.8 Å². The van der Waals surface area contributed by atoms with E-state index in [1.165, 1.54) is 6.92 Å². The van der Waals surface area contributed by atoms with Crippen LogP contribution in [0.4, 0.5) is 0 Å². The number of carbonyl (C=O) groups is 2. The molecule has 0 aromatic carbocycles. The number of rotatable bonds is 4. The van der Waals surface area contributed by atoms with Gasteiger partial charge in [-0.3, -0.25) is 9.59 Å². The van der Waals surface area contributed by atoms with Gasteiger partial charge in [0.25, 0.3) is 5.91 Å². The molecule has 0 unspecified atom stereocenters. The van der Waals surface area contributed by atoms with Crippen molar-refractivity contribution in [3.63, 3.8) is 0 Å².